The molecule has 1 N–H and O–H groups in total. The maximum atomic E-state index is 12.0. The third-order valence-corrected chi connectivity index (χ3v) is 3.38. The van der Waals surface area contributed by atoms with Crippen molar-refractivity contribution in [1.29, 1.82) is 0 Å². The Kier molecular flexibility index (Phi) is 5.48. The van der Waals surface area contributed by atoms with E-state index >= 15 is 0 Å². The molecule has 21 heavy (non-hydrogen) atoms. The second kappa shape index (κ2) is 7.34. The van der Waals surface area contributed by atoms with E-state index in [0.717, 1.165) is 5.56 Å². The van der Waals surface area contributed by atoms with Crippen molar-refractivity contribution in [2.24, 2.45) is 0 Å². The summed E-state index contributed by atoms with van der Waals surface area (Å²) in [4.78, 5) is 12.0. The van der Waals surface area contributed by atoms with Crippen LogP contribution >= 0.6 is 23.2 Å². The quantitative estimate of drug-likeness (QED) is 0.900. The number of carbonyl (C=O) groups excluding carboxylic acids is 1. The molecule has 0 radical (unpaired) electrons. The SMILES string of the molecule is C[C@H](Oc1ccc(Cl)cc1)C(=O)NCc1ccc(Cl)cc1. The number of carbonyl (C=O) groups is 1. The summed E-state index contributed by atoms with van der Waals surface area (Å²) >= 11 is 11.6. The zero-order chi connectivity index (χ0) is 15.2. The molecule has 0 saturated heterocycles. The Morgan fingerprint density at radius 2 is 1.57 bits per heavy atom. The highest BCUT2D eigenvalue weighted by Gasteiger charge is 2.14. The molecule has 0 aromatic heterocycles. The highest BCUT2D eigenvalue weighted by atomic mass is 35.5. The normalized spacial score (nSPS) is 11.8. The van der Waals surface area contributed by atoms with E-state index in [9.17, 15) is 4.79 Å². The summed E-state index contributed by atoms with van der Waals surface area (Å²) in [7, 11) is 0. The van der Waals surface area contributed by atoms with Crippen molar-refractivity contribution in [3.8, 4) is 5.75 Å². The summed E-state index contributed by atoms with van der Waals surface area (Å²) < 4.78 is 5.55. The highest BCUT2D eigenvalue weighted by Crippen LogP contribution is 2.17. The van der Waals surface area contributed by atoms with Crippen LogP contribution < -0.4 is 10.1 Å². The van der Waals surface area contributed by atoms with Gasteiger partial charge in [0.05, 0.1) is 0 Å². The van der Waals surface area contributed by atoms with Crippen molar-refractivity contribution in [1.82, 2.24) is 5.32 Å². The first-order chi connectivity index (χ1) is 10.0. The molecular formula is C16H15Cl2NO2. The molecule has 2 aromatic carbocycles. The van der Waals surface area contributed by atoms with E-state index in [1.165, 1.54) is 0 Å². The van der Waals surface area contributed by atoms with Crippen molar-refractivity contribution in [2.45, 2.75) is 19.6 Å². The highest BCUT2D eigenvalue weighted by molar-refractivity contribution is 6.30. The fourth-order valence-electron chi connectivity index (χ4n) is 1.71. The zero-order valence-corrected chi connectivity index (χ0v) is 13.0. The predicted molar refractivity (Wildman–Crippen MR) is 84.8 cm³/mol. The van der Waals surface area contributed by atoms with Crippen LogP contribution in [0.15, 0.2) is 48.5 Å². The number of hydrogen-bond donors (Lipinski definition) is 1. The van der Waals surface area contributed by atoms with Crippen LogP contribution in [0.4, 0.5) is 0 Å². The summed E-state index contributed by atoms with van der Waals surface area (Å²) in [5, 5.41) is 4.11. The Labute approximate surface area is 133 Å². The van der Waals surface area contributed by atoms with Crippen molar-refractivity contribution in [3.05, 3.63) is 64.1 Å². The van der Waals surface area contributed by atoms with Gasteiger partial charge in [0.1, 0.15) is 5.75 Å². The van der Waals surface area contributed by atoms with Gasteiger partial charge in [0.15, 0.2) is 6.10 Å². The van der Waals surface area contributed by atoms with Gasteiger partial charge < -0.3 is 10.1 Å². The number of amides is 1. The van der Waals surface area contributed by atoms with Gasteiger partial charge in [-0.1, -0.05) is 35.3 Å². The third kappa shape index (κ3) is 4.96. The van der Waals surface area contributed by atoms with Gasteiger partial charge in [-0.05, 0) is 48.9 Å². The Bertz CT molecular complexity index is 597. The van der Waals surface area contributed by atoms with Crippen LogP contribution in [0, 0.1) is 0 Å². The molecule has 0 bridgehead atoms. The number of hydrogen-bond acceptors (Lipinski definition) is 2. The molecule has 3 nitrogen and oxygen atoms in total. The van der Waals surface area contributed by atoms with Crippen molar-refractivity contribution >= 4 is 29.1 Å². The summed E-state index contributed by atoms with van der Waals surface area (Å²) in [5.41, 5.74) is 0.978. The molecule has 0 aliphatic rings. The standard InChI is InChI=1S/C16H15Cl2NO2/c1-11(21-15-8-6-14(18)7-9-15)16(20)19-10-12-2-4-13(17)5-3-12/h2-9,11H,10H2,1H3,(H,19,20)/t11-/m0/s1. The van der Waals surface area contributed by atoms with E-state index in [4.69, 9.17) is 27.9 Å². The molecule has 0 heterocycles. The van der Waals surface area contributed by atoms with Crippen molar-refractivity contribution < 1.29 is 9.53 Å². The molecule has 0 unspecified atom stereocenters. The molecule has 0 spiro atoms. The lowest BCUT2D eigenvalue weighted by molar-refractivity contribution is -0.127. The molecule has 0 aliphatic carbocycles. The summed E-state index contributed by atoms with van der Waals surface area (Å²) in [5.74, 6) is 0.424. The van der Waals surface area contributed by atoms with E-state index in [1.54, 1.807) is 43.3 Å². The van der Waals surface area contributed by atoms with Gasteiger partial charge in [-0.3, -0.25) is 4.79 Å². The number of ether oxygens (including phenoxy) is 1. The molecule has 1 atom stereocenters. The van der Waals surface area contributed by atoms with Crippen molar-refractivity contribution in [2.75, 3.05) is 0 Å². The minimum absolute atomic E-state index is 0.181. The average Bonchev–Trinajstić information content (AvgIpc) is 2.48. The summed E-state index contributed by atoms with van der Waals surface area (Å²) in [6, 6.07) is 14.2. The Morgan fingerprint density at radius 1 is 1.05 bits per heavy atom. The molecule has 2 rings (SSSR count). The van der Waals surface area contributed by atoms with Crippen LogP contribution in [-0.4, -0.2) is 12.0 Å². The van der Waals surface area contributed by atoms with Crippen molar-refractivity contribution in [3.63, 3.8) is 0 Å². The van der Waals surface area contributed by atoms with Crippen LogP contribution in [0.2, 0.25) is 10.0 Å². The van der Waals surface area contributed by atoms with E-state index in [2.05, 4.69) is 5.32 Å². The average molecular weight is 324 g/mol. The molecular weight excluding hydrogens is 309 g/mol. The van der Waals surface area contributed by atoms with Crippen LogP contribution in [0.5, 0.6) is 5.75 Å². The number of benzene rings is 2. The Balaban J connectivity index is 1.84. The zero-order valence-electron chi connectivity index (χ0n) is 11.5. The monoisotopic (exact) mass is 323 g/mol. The minimum Gasteiger partial charge on any atom is -0.481 e. The number of halogens is 2. The molecule has 0 aliphatic heterocycles. The smallest absolute Gasteiger partial charge is 0.261 e. The van der Waals surface area contributed by atoms with Crippen LogP contribution in [0.1, 0.15) is 12.5 Å². The van der Waals surface area contributed by atoms with E-state index in [-0.39, 0.29) is 5.91 Å². The maximum absolute atomic E-state index is 12.0. The van der Waals surface area contributed by atoms with Gasteiger partial charge in [-0.25, -0.2) is 0 Å². The molecule has 0 saturated carbocycles. The first-order valence-corrected chi connectivity index (χ1v) is 7.24. The van der Waals surface area contributed by atoms with Crippen LogP contribution in [0.25, 0.3) is 0 Å². The second-order valence-corrected chi connectivity index (χ2v) is 5.43. The van der Waals surface area contributed by atoms with Gasteiger partial charge in [-0.15, -0.1) is 0 Å². The molecule has 0 fully saturated rings. The van der Waals surface area contributed by atoms with E-state index < -0.39 is 6.10 Å². The fraction of sp³-hybridized carbons (Fsp3) is 0.188. The molecule has 5 heteroatoms. The van der Waals surface area contributed by atoms with Gasteiger partial charge in [0, 0.05) is 16.6 Å². The van der Waals surface area contributed by atoms with Crippen LogP contribution in [0.3, 0.4) is 0 Å². The molecule has 1 amide bonds. The predicted octanol–water partition coefficient (Wildman–Crippen LogP) is 4.08. The van der Waals surface area contributed by atoms with E-state index in [0.29, 0.717) is 22.3 Å². The van der Waals surface area contributed by atoms with E-state index in [1.807, 2.05) is 12.1 Å². The van der Waals surface area contributed by atoms with Crippen LogP contribution in [-0.2, 0) is 11.3 Å². The summed E-state index contributed by atoms with van der Waals surface area (Å²) in [6.07, 6.45) is -0.585. The molecule has 110 valence electrons. The second-order valence-electron chi connectivity index (χ2n) is 4.56. The number of nitrogens with one attached hydrogen (secondary N) is 1. The van der Waals surface area contributed by atoms with Gasteiger partial charge in [0.25, 0.3) is 5.91 Å². The minimum atomic E-state index is -0.585. The third-order valence-electron chi connectivity index (χ3n) is 2.88. The topological polar surface area (TPSA) is 38.3 Å². The lowest BCUT2D eigenvalue weighted by atomic mass is 10.2. The maximum Gasteiger partial charge on any atom is 0.261 e. The van der Waals surface area contributed by atoms with Gasteiger partial charge in [-0.2, -0.15) is 0 Å². The number of rotatable bonds is 5. The summed E-state index contributed by atoms with van der Waals surface area (Å²) in [6.45, 7) is 2.14. The fourth-order valence-corrected chi connectivity index (χ4v) is 1.96. The largest absolute Gasteiger partial charge is 0.481 e. The lowest BCUT2D eigenvalue weighted by Gasteiger charge is -2.14. The molecule has 2 aromatic rings. The Hall–Kier alpha value is -1.71. The Morgan fingerprint density at radius 3 is 2.14 bits per heavy atom. The lowest BCUT2D eigenvalue weighted by Crippen LogP contribution is -2.35. The first kappa shape index (κ1) is 15.7. The van der Waals surface area contributed by atoms with Gasteiger partial charge in [0.2, 0.25) is 0 Å². The first-order valence-electron chi connectivity index (χ1n) is 6.49. The van der Waals surface area contributed by atoms with Gasteiger partial charge >= 0.3 is 0 Å².